The van der Waals surface area contributed by atoms with Crippen LogP contribution in [0.4, 0.5) is 10.6 Å². The van der Waals surface area contributed by atoms with Gasteiger partial charge in [0.2, 0.25) is 0 Å². The number of primary amides is 1. The predicted molar refractivity (Wildman–Crippen MR) is 52.4 cm³/mol. The van der Waals surface area contributed by atoms with Gasteiger partial charge in [-0.2, -0.15) is 0 Å². The first-order chi connectivity index (χ1) is 7.13. The molecule has 2 heterocycles. The molecular weight excluding hydrogens is 222 g/mol. The summed E-state index contributed by atoms with van der Waals surface area (Å²) >= 11 is 1.07. The zero-order chi connectivity index (χ0) is 10.9. The van der Waals surface area contributed by atoms with E-state index in [0.29, 0.717) is 0 Å². The van der Waals surface area contributed by atoms with Crippen LogP contribution in [-0.4, -0.2) is 35.1 Å². The normalized spacial score (nSPS) is 30.3. The molecule has 9 heteroatoms. The van der Waals surface area contributed by atoms with Crippen molar-refractivity contribution in [2.24, 2.45) is 5.73 Å². The fourth-order valence-corrected chi connectivity index (χ4v) is 1.92. The molecule has 2 rings (SSSR count). The maximum atomic E-state index is 12.3. The number of hydrogen-bond acceptors (Lipinski definition) is 7. The number of quaternary nitrogens is 1. The summed E-state index contributed by atoms with van der Waals surface area (Å²) in [5.41, 5.74) is 4.88. The summed E-state index contributed by atoms with van der Waals surface area (Å²) in [5, 5.41) is 20.3. The molecule has 2 atom stereocenters. The summed E-state index contributed by atoms with van der Waals surface area (Å²) < 4.78 is 7.45. The Morgan fingerprint density at radius 1 is 1.87 bits per heavy atom. The van der Waals surface area contributed by atoms with Gasteiger partial charge in [-0.3, -0.25) is 9.96 Å². The van der Waals surface area contributed by atoms with Crippen LogP contribution in [0.25, 0.3) is 0 Å². The monoisotopic (exact) mass is 231 g/mol. The van der Waals surface area contributed by atoms with Gasteiger partial charge in [-0.05, 0) is 11.5 Å². The summed E-state index contributed by atoms with van der Waals surface area (Å²) in [6.45, 7) is 0.341. The van der Waals surface area contributed by atoms with Gasteiger partial charge in [-0.15, -0.1) is 0 Å². The van der Waals surface area contributed by atoms with E-state index in [9.17, 15) is 10.0 Å². The molecule has 0 aromatic carbocycles. The Morgan fingerprint density at radius 3 is 3.27 bits per heavy atom. The molecule has 3 N–H and O–H groups in total. The Hall–Kier alpha value is -1.29. The lowest BCUT2D eigenvalue weighted by Crippen LogP contribution is -2.51. The number of nitrogens with two attached hydrogens (primary N) is 1. The van der Waals surface area contributed by atoms with E-state index in [1.807, 2.05) is 0 Å². The molecule has 1 fully saturated rings. The number of hydroxylamine groups is 2. The Morgan fingerprint density at radius 2 is 2.67 bits per heavy atom. The van der Waals surface area contributed by atoms with Crippen molar-refractivity contribution in [3.05, 3.63) is 10.6 Å². The third-order valence-electron chi connectivity index (χ3n) is 2.12. The fourth-order valence-electron chi connectivity index (χ4n) is 1.42. The number of nitrogens with zero attached hydrogens (tertiary/aromatic N) is 3. The second-order valence-electron chi connectivity index (χ2n) is 3.06. The number of rotatable bonds is 2. The van der Waals surface area contributed by atoms with Crippen LogP contribution in [0.3, 0.4) is 0 Å². The number of nitrogens with one attached hydrogen (secondary N) is 1. The molecule has 82 valence electrons. The average molecular weight is 231 g/mol. The summed E-state index contributed by atoms with van der Waals surface area (Å²) in [6, 6.07) is 0. The van der Waals surface area contributed by atoms with Crippen molar-refractivity contribution < 1.29 is 9.53 Å². The third kappa shape index (κ3) is 1.77. The largest absolute Gasteiger partial charge is 0.622 e. The van der Waals surface area contributed by atoms with Crippen LogP contribution in [0.15, 0.2) is 5.38 Å². The van der Waals surface area contributed by atoms with E-state index in [0.717, 1.165) is 11.5 Å². The lowest BCUT2D eigenvalue weighted by Gasteiger charge is -2.38. The zero-order valence-electron chi connectivity index (χ0n) is 7.62. The van der Waals surface area contributed by atoms with Gasteiger partial charge < -0.3 is 15.7 Å². The lowest BCUT2D eigenvalue weighted by molar-refractivity contribution is 0.0514. The number of aromatic nitrogens is 2. The molecular formula is C6H9N5O3S. The van der Waals surface area contributed by atoms with E-state index in [1.165, 1.54) is 5.38 Å². The smallest absolute Gasteiger partial charge is 0.409 e. The summed E-state index contributed by atoms with van der Waals surface area (Å²) in [7, 11) is 0. The summed E-state index contributed by atoms with van der Waals surface area (Å²) in [6.07, 6.45) is -1.86. The number of carbonyl (C=O) groups excluding carboxylic acids is 1. The van der Waals surface area contributed by atoms with Crippen molar-refractivity contribution in [1.82, 2.24) is 19.6 Å². The van der Waals surface area contributed by atoms with Crippen LogP contribution in [-0.2, 0) is 4.74 Å². The molecule has 2 unspecified atom stereocenters. The minimum atomic E-state index is -0.967. The van der Waals surface area contributed by atoms with Crippen LogP contribution in [0.1, 0.15) is 0 Å². The highest BCUT2D eigenvalue weighted by atomic mass is 32.1. The Kier molecular flexibility index (Phi) is 2.52. The summed E-state index contributed by atoms with van der Waals surface area (Å²) in [4.78, 5) is 10.6. The van der Waals surface area contributed by atoms with Gasteiger partial charge in [0.05, 0.1) is 11.9 Å². The van der Waals surface area contributed by atoms with Crippen LogP contribution in [0.2, 0.25) is 0 Å². The van der Waals surface area contributed by atoms with E-state index < -0.39 is 17.0 Å². The van der Waals surface area contributed by atoms with Crippen molar-refractivity contribution in [2.75, 3.05) is 13.2 Å². The molecule has 15 heavy (non-hydrogen) atoms. The fraction of sp³-hybridized carbons (Fsp3) is 0.500. The highest BCUT2D eigenvalue weighted by molar-refractivity contribution is 7.03. The van der Waals surface area contributed by atoms with Gasteiger partial charge in [0.1, 0.15) is 6.67 Å². The molecule has 0 saturated carbocycles. The Labute approximate surface area is 89.0 Å². The predicted octanol–water partition coefficient (Wildman–Crippen LogP) is -0.675. The first-order valence-electron chi connectivity index (χ1n) is 4.16. The molecule has 8 nitrogen and oxygen atoms in total. The zero-order valence-corrected chi connectivity index (χ0v) is 8.44. The average Bonchev–Trinajstić information content (AvgIpc) is 2.76. The second-order valence-corrected chi connectivity index (χ2v) is 3.67. The number of carbonyl (C=O) groups is 1. The molecule has 0 bridgehead atoms. The van der Waals surface area contributed by atoms with E-state index in [1.54, 1.807) is 0 Å². The van der Waals surface area contributed by atoms with Crippen molar-refractivity contribution in [3.63, 3.8) is 0 Å². The second kappa shape index (κ2) is 3.70. The molecule has 1 aliphatic heterocycles. The van der Waals surface area contributed by atoms with Crippen LogP contribution < -0.4 is 15.7 Å². The van der Waals surface area contributed by atoms with Gasteiger partial charge in [-0.1, -0.05) is 9.59 Å². The molecule has 1 saturated heterocycles. The number of amides is 1. The van der Waals surface area contributed by atoms with Crippen molar-refractivity contribution in [1.29, 1.82) is 0 Å². The molecule has 1 aliphatic rings. The van der Waals surface area contributed by atoms with Crippen LogP contribution in [0.5, 0.6) is 0 Å². The minimum Gasteiger partial charge on any atom is -0.622 e. The van der Waals surface area contributed by atoms with E-state index in [2.05, 4.69) is 14.9 Å². The quantitative estimate of drug-likeness (QED) is 0.515. The van der Waals surface area contributed by atoms with Crippen LogP contribution >= 0.6 is 11.5 Å². The first-order valence-corrected chi connectivity index (χ1v) is 5.00. The SMILES string of the molecule is NC(=O)OC1CNC[N+]1([O-])c1csnn1. The van der Waals surface area contributed by atoms with E-state index in [-0.39, 0.29) is 19.0 Å². The molecule has 1 aromatic rings. The number of ether oxygens (including phenoxy) is 1. The number of hydrogen-bond donors (Lipinski definition) is 2. The van der Waals surface area contributed by atoms with Gasteiger partial charge in [0.25, 0.3) is 12.0 Å². The molecule has 1 aromatic heterocycles. The standard InChI is InChI=1S/C6H9N5O3S/c7-6(12)14-5-1-8-3-11(5,13)4-2-15-10-9-4/h2,5,8H,1,3H2,(H2,7,12). The van der Waals surface area contributed by atoms with Gasteiger partial charge in [-0.25, -0.2) is 4.79 Å². The highest BCUT2D eigenvalue weighted by Crippen LogP contribution is 2.26. The van der Waals surface area contributed by atoms with E-state index in [4.69, 9.17) is 10.5 Å². The topological polar surface area (TPSA) is 113 Å². The molecule has 0 spiro atoms. The van der Waals surface area contributed by atoms with Gasteiger partial charge in [0, 0.05) is 0 Å². The first kappa shape index (κ1) is 10.2. The molecule has 0 aliphatic carbocycles. The maximum absolute atomic E-state index is 12.3. The van der Waals surface area contributed by atoms with Gasteiger partial charge >= 0.3 is 6.09 Å². The van der Waals surface area contributed by atoms with Gasteiger partial charge in [0.15, 0.2) is 0 Å². The highest BCUT2D eigenvalue weighted by Gasteiger charge is 2.41. The third-order valence-corrected chi connectivity index (χ3v) is 2.61. The summed E-state index contributed by atoms with van der Waals surface area (Å²) in [5.74, 6) is 0.219. The van der Waals surface area contributed by atoms with Crippen LogP contribution in [0, 0.1) is 5.21 Å². The molecule has 0 radical (unpaired) electrons. The Bertz CT molecular complexity index is 358. The van der Waals surface area contributed by atoms with Crippen molar-refractivity contribution in [2.45, 2.75) is 6.23 Å². The maximum Gasteiger partial charge on any atom is 0.409 e. The molecule has 1 amide bonds. The van der Waals surface area contributed by atoms with E-state index >= 15 is 0 Å². The van der Waals surface area contributed by atoms with Crippen molar-refractivity contribution >= 4 is 23.4 Å². The lowest BCUT2D eigenvalue weighted by atomic mass is 10.5. The van der Waals surface area contributed by atoms with Crippen molar-refractivity contribution in [3.8, 4) is 0 Å². The Balaban J connectivity index is 2.22. The minimum absolute atomic E-state index is 0.0867.